The van der Waals surface area contributed by atoms with Gasteiger partial charge in [0.05, 0.1) is 6.61 Å². The summed E-state index contributed by atoms with van der Waals surface area (Å²) >= 11 is 5.69. The van der Waals surface area contributed by atoms with E-state index in [9.17, 15) is 4.79 Å². The van der Waals surface area contributed by atoms with Crippen LogP contribution in [0.2, 0.25) is 0 Å². The molecule has 1 saturated heterocycles. The molecule has 0 aromatic heterocycles. The number of hydrogen-bond donors (Lipinski definition) is 0. The molecule has 1 unspecified atom stereocenters. The molecule has 0 aromatic carbocycles. The molecule has 0 aromatic rings. The summed E-state index contributed by atoms with van der Waals surface area (Å²) in [5.74, 6) is 0.493. The SMILES string of the molecule is CCOC(=O)C1CCCCN1CCCl. The molecule has 1 aliphatic heterocycles. The van der Waals surface area contributed by atoms with Crippen molar-refractivity contribution in [1.82, 2.24) is 4.90 Å². The number of carbonyl (C=O) groups is 1. The molecule has 82 valence electrons. The maximum atomic E-state index is 11.6. The minimum Gasteiger partial charge on any atom is -0.465 e. The number of esters is 1. The Labute approximate surface area is 90.4 Å². The minimum absolute atomic E-state index is 0.0533. The van der Waals surface area contributed by atoms with Crippen LogP contribution in [-0.4, -0.2) is 42.5 Å². The van der Waals surface area contributed by atoms with Gasteiger partial charge >= 0.3 is 5.97 Å². The molecule has 4 heteroatoms. The first-order chi connectivity index (χ1) is 6.79. The van der Waals surface area contributed by atoms with E-state index in [-0.39, 0.29) is 12.0 Å². The smallest absolute Gasteiger partial charge is 0.323 e. The van der Waals surface area contributed by atoms with E-state index in [1.165, 1.54) is 0 Å². The molecular weight excluding hydrogens is 202 g/mol. The lowest BCUT2D eigenvalue weighted by atomic mass is 10.0. The molecule has 0 radical (unpaired) electrons. The summed E-state index contributed by atoms with van der Waals surface area (Å²) in [6, 6.07) is -0.0533. The van der Waals surface area contributed by atoms with Crippen LogP contribution in [0.4, 0.5) is 0 Å². The fraction of sp³-hybridized carbons (Fsp3) is 0.900. The van der Waals surface area contributed by atoms with Crippen LogP contribution in [0.1, 0.15) is 26.2 Å². The van der Waals surface area contributed by atoms with Crippen LogP contribution in [0.3, 0.4) is 0 Å². The highest BCUT2D eigenvalue weighted by Gasteiger charge is 2.28. The monoisotopic (exact) mass is 219 g/mol. The molecule has 1 rings (SSSR count). The molecule has 0 amide bonds. The van der Waals surface area contributed by atoms with E-state index < -0.39 is 0 Å². The Bertz CT molecular complexity index is 185. The second-order valence-corrected chi connectivity index (χ2v) is 3.87. The molecule has 0 spiro atoms. The zero-order valence-corrected chi connectivity index (χ0v) is 9.42. The van der Waals surface area contributed by atoms with Crippen LogP contribution in [0.15, 0.2) is 0 Å². The second-order valence-electron chi connectivity index (χ2n) is 3.49. The van der Waals surface area contributed by atoms with Gasteiger partial charge in [0.25, 0.3) is 0 Å². The first-order valence-electron chi connectivity index (χ1n) is 5.26. The van der Waals surface area contributed by atoms with E-state index in [0.29, 0.717) is 12.5 Å². The van der Waals surface area contributed by atoms with Crippen molar-refractivity contribution >= 4 is 17.6 Å². The summed E-state index contributed by atoms with van der Waals surface area (Å²) < 4.78 is 5.03. The number of alkyl halides is 1. The van der Waals surface area contributed by atoms with Crippen molar-refractivity contribution in [2.24, 2.45) is 0 Å². The average molecular weight is 220 g/mol. The van der Waals surface area contributed by atoms with E-state index in [1.54, 1.807) is 0 Å². The highest BCUT2D eigenvalue weighted by molar-refractivity contribution is 6.18. The van der Waals surface area contributed by atoms with Crippen molar-refractivity contribution in [3.63, 3.8) is 0 Å². The van der Waals surface area contributed by atoms with Crippen molar-refractivity contribution in [2.75, 3.05) is 25.6 Å². The average Bonchev–Trinajstić information content (AvgIpc) is 2.19. The first kappa shape index (κ1) is 11.8. The van der Waals surface area contributed by atoms with Crippen LogP contribution in [-0.2, 0) is 9.53 Å². The van der Waals surface area contributed by atoms with Gasteiger partial charge in [0.1, 0.15) is 6.04 Å². The summed E-state index contributed by atoms with van der Waals surface area (Å²) in [7, 11) is 0. The van der Waals surface area contributed by atoms with Crippen LogP contribution >= 0.6 is 11.6 Å². The third-order valence-electron chi connectivity index (χ3n) is 2.54. The number of carbonyl (C=O) groups excluding carboxylic acids is 1. The Morgan fingerprint density at radius 2 is 2.36 bits per heavy atom. The number of hydrogen-bond acceptors (Lipinski definition) is 3. The van der Waals surface area contributed by atoms with Crippen molar-refractivity contribution in [3.8, 4) is 0 Å². The third-order valence-corrected chi connectivity index (χ3v) is 2.71. The van der Waals surface area contributed by atoms with Gasteiger partial charge in [0.2, 0.25) is 0 Å². The maximum absolute atomic E-state index is 11.6. The molecular formula is C10H18ClNO2. The molecule has 3 nitrogen and oxygen atoms in total. The summed E-state index contributed by atoms with van der Waals surface area (Å²) in [4.78, 5) is 13.7. The van der Waals surface area contributed by atoms with Gasteiger partial charge in [-0.2, -0.15) is 0 Å². The third kappa shape index (κ3) is 3.14. The van der Waals surface area contributed by atoms with Crippen molar-refractivity contribution in [3.05, 3.63) is 0 Å². The Morgan fingerprint density at radius 1 is 1.57 bits per heavy atom. The Kier molecular flexibility index (Phi) is 5.26. The zero-order valence-electron chi connectivity index (χ0n) is 8.67. The van der Waals surface area contributed by atoms with Crippen LogP contribution in [0, 0.1) is 0 Å². The van der Waals surface area contributed by atoms with Gasteiger partial charge in [-0.25, -0.2) is 0 Å². The van der Waals surface area contributed by atoms with Crippen LogP contribution in [0.25, 0.3) is 0 Å². The molecule has 0 aliphatic carbocycles. The maximum Gasteiger partial charge on any atom is 0.323 e. The standard InChI is InChI=1S/C10H18ClNO2/c1-2-14-10(13)9-5-3-4-7-12(9)8-6-11/h9H,2-8H2,1H3. The van der Waals surface area contributed by atoms with E-state index in [4.69, 9.17) is 16.3 Å². The summed E-state index contributed by atoms with van der Waals surface area (Å²) in [5, 5.41) is 0. The Morgan fingerprint density at radius 3 is 3.00 bits per heavy atom. The number of halogens is 1. The highest BCUT2D eigenvalue weighted by atomic mass is 35.5. The lowest BCUT2D eigenvalue weighted by Gasteiger charge is -2.33. The molecule has 0 saturated carbocycles. The molecule has 0 bridgehead atoms. The summed E-state index contributed by atoms with van der Waals surface area (Å²) in [6.45, 7) is 4.05. The normalized spacial score (nSPS) is 23.4. The van der Waals surface area contributed by atoms with Crippen molar-refractivity contribution < 1.29 is 9.53 Å². The van der Waals surface area contributed by atoms with Crippen LogP contribution < -0.4 is 0 Å². The molecule has 1 fully saturated rings. The lowest BCUT2D eigenvalue weighted by molar-refractivity contribution is -0.150. The minimum atomic E-state index is -0.0858. The van der Waals surface area contributed by atoms with E-state index in [0.717, 1.165) is 32.4 Å². The van der Waals surface area contributed by atoms with Crippen LogP contribution in [0.5, 0.6) is 0 Å². The quantitative estimate of drug-likeness (QED) is 0.532. The van der Waals surface area contributed by atoms with Crippen molar-refractivity contribution in [2.45, 2.75) is 32.2 Å². The number of piperidine rings is 1. The largest absolute Gasteiger partial charge is 0.465 e. The van der Waals surface area contributed by atoms with Gasteiger partial charge in [-0.05, 0) is 26.3 Å². The Hall–Kier alpha value is -0.280. The first-order valence-corrected chi connectivity index (χ1v) is 5.79. The van der Waals surface area contributed by atoms with E-state index in [1.807, 2.05) is 6.92 Å². The highest BCUT2D eigenvalue weighted by Crippen LogP contribution is 2.17. The van der Waals surface area contributed by atoms with Gasteiger partial charge in [0.15, 0.2) is 0 Å². The topological polar surface area (TPSA) is 29.5 Å². The molecule has 1 heterocycles. The zero-order chi connectivity index (χ0) is 10.4. The molecule has 0 N–H and O–H groups in total. The van der Waals surface area contributed by atoms with Gasteiger partial charge < -0.3 is 4.74 Å². The lowest BCUT2D eigenvalue weighted by Crippen LogP contribution is -2.46. The van der Waals surface area contributed by atoms with E-state index in [2.05, 4.69) is 4.90 Å². The fourth-order valence-corrected chi connectivity index (χ4v) is 2.09. The molecule has 1 atom stereocenters. The number of ether oxygens (including phenoxy) is 1. The summed E-state index contributed by atoms with van der Waals surface area (Å²) in [6.07, 6.45) is 3.19. The van der Waals surface area contributed by atoms with Gasteiger partial charge in [0, 0.05) is 12.4 Å². The number of likely N-dealkylation sites (tertiary alicyclic amines) is 1. The number of rotatable bonds is 4. The fourth-order valence-electron chi connectivity index (χ4n) is 1.87. The van der Waals surface area contributed by atoms with Gasteiger partial charge in [-0.3, -0.25) is 9.69 Å². The summed E-state index contributed by atoms with van der Waals surface area (Å²) in [5.41, 5.74) is 0. The van der Waals surface area contributed by atoms with E-state index >= 15 is 0 Å². The van der Waals surface area contributed by atoms with Gasteiger partial charge in [-0.15, -0.1) is 11.6 Å². The number of nitrogens with zero attached hydrogens (tertiary/aromatic N) is 1. The van der Waals surface area contributed by atoms with Crippen molar-refractivity contribution in [1.29, 1.82) is 0 Å². The molecule has 1 aliphatic rings. The second kappa shape index (κ2) is 6.25. The molecule has 14 heavy (non-hydrogen) atoms. The predicted molar refractivity (Wildman–Crippen MR) is 56.6 cm³/mol. The Balaban J connectivity index is 2.48. The predicted octanol–water partition coefficient (Wildman–Crippen LogP) is 1.64. The van der Waals surface area contributed by atoms with Gasteiger partial charge in [-0.1, -0.05) is 6.42 Å².